The van der Waals surface area contributed by atoms with Crippen molar-refractivity contribution in [2.45, 2.75) is 46.7 Å². The largest absolute Gasteiger partial charge is 0.450 e. The molecule has 7 rings (SSSR count). The highest BCUT2D eigenvalue weighted by Crippen LogP contribution is 2.55. The van der Waals surface area contributed by atoms with Crippen LogP contribution in [0.15, 0.2) is 69.9 Å². The van der Waals surface area contributed by atoms with E-state index in [1.165, 1.54) is 16.2 Å². The van der Waals surface area contributed by atoms with Crippen molar-refractivity contribution in [3.8, 4) is 0 Å². The molecule has 1 atom stereocenters. The Morgan fingerprint density at radius 2 is 1.66 bits per heavy atom. The Morgan fingerprint density at radius 3 is 2.39 bits per heavy atom. The minimum absolute atomic E-state index is 0.0490. The number of amides is 2. The average Bonchev–Trinajstić information content (AvgIpc) is 3.49. The molecule has 2 amide bonds. The predicted octanol–water partition coefficient (Wildman–Crippen LogP) is 6.24. The minimum atomic E-state index is -1.75. The van der Waals surface area contributed by atoms with E-state index < -0.39 is 11.4 Å². The van der Waals surface area contributed by atoms with Gasteiger partial charge in [-0.1, -0.05) is 48.0 Å². The fraction of sp³-hybridized carbons (Fsp3) is 0.212. The summed E-state index contributed by atoms with van der Waals surface area (Å²) in [5.74, 6) is -1.04. The standard InChI is InChI=1S/C33H27N3O4S/c1-17-9-8-10-22(13-17)16-35-25-12-7-6-11-24(25)33(31(35)39)27-28(37)23-14-18(2)19(3)15-26(23)40-29(27)30(38)36(33)32-34-20(4)21(5)41-32/h6-15H,16H2,1-5H3. The first-order valence-electron chi connectivity index (χ1n) is 13.5. The highest BCUT2D eigenvalue weighted by molar-refractivity contribution is 7.16. The zero-order chi connectivity index (χ0) is 28.8. The number of benzene rings is 3. The van der Waals surface area contributed by atoms with Gasteiger partial charge in [0.05, 0.1) is 28.9 Å². The molecule has 1 unspecified atom stereocenters. The van der Waals surface area contributed by atoms with Crippen LogP contribution in [0.4, 0.5) is 10.8 Å². The van der Waals surface area contributed by atoms with Crippen molar-refractivity contribution in [3.63, 3.8) is 0 Å². The lowest BCUT2D eigenvalue weighted by atomic mass is 9.84. The van der Waals surface area contributed by atoms with Gasteiger partial charge in [-0.05, 0) is 69.5 Å². The SMILES string of the molecule is Cc1cccc(CN2C(=O)C3(c4ccccc42)c2c(oc4cc(C)c(C)cc4c2=O)C(=O)N3c2nc(C)c(C)s2)c1. The maximum absolute atomic E-state index is 15.0. The number of fused-ring (bicyclic) bond motifs is 5. The first-order valence-corrected chi connectivity index (χ1v) is 14.3. The van der Waals surface area contributed by atoms with E-state index in [1.807, 2.05) is 83.1 Å². The number of para-hydroxylation sites is 1. The Hall–Kier alpha value is -4.56. The third-order valence-electron chi connectivity index (χ3n) is 8.37. The predicted molar refractivity (Wildman–Crippen MR) is 160 cm³/mol. The topological polar surface area (TPSA) is 83.7 Å². The fourth-order valence-corrected chi connectivity index (χ4v) is 7.08. The summed E-state index contributed by atoms with van der Waals surface area (Å²) in [6, 6.07) is 18.9. The number of hydrogen-bond acceptors (Lipinski definition) is 6. The molecule has 2 aromatic heterocycles. The molecule has 7 nitrogen and oxygen atoms in total. The fourth-order valence-electron chi connectivity index (χ4n) is 6.12. The van der Waals surface area contributed by atoms with Crippen molar-refractivity contribution in [2.75, 3.05) is 9.80 Å². The molecule has 0 fully saturated rings. The van der Waals surface area contributed by atoms with Crippen molar-refractivity contribution in [1.82, 2.24) is 4.98 Å². The maximum Gasteiger partial charge on any atom is 0.297 e. The molecular formula is C33H27N3O4S. The highest BCUT2D eigenvalue weighted by atomic mass is 32.1. The lowest BCUT2D eigenvalue weighted by Crippen LogP contribution is -2.53. The van der Waals surface area contributed by atoms with Crippen molar-refractivity contribution in [1.29, 1.82) is 0 Å². The van der Waals surface area contributed by atoms with E-state index in [-0.39, 0.29) is 29.2 Å². The summed E-state index contributed by atoms with van der Waals surface area (Å²) in [5, 5.41) is 0.697. The van der Waals surface area contributed by atoms with Gasteiger partial charge in [-0.15, -0.1) is 11.3 Å². The molecule has 0 saturated carbocycles. The molecule has 3 aromatic carbocycles. The molecule has 1 spiro atoms. The summed E-state index contributed by atoms with van der Waals surface area (Å²) in [4.78, 5) is 52.6. The van der Waals surface area contributed by atoms with Crippen LogP contribution in [0.5, 0.6) is 0 Å². The molecule has 204 valence electrons. The Balaban J connectivity index is 1.57. The zero-order valence-corrected chi connectivity index (χ0v) is 24.2. The van der Waals surface area contributed by atoms with Gasteiger partial charge in [0.1, 0.15) is 5.58 Å². The lowest BCUT2D eigenvalue weighted by molar-refractivity contribution is -0.121. The molecule has 2 aliphatic rings. The number of aromatic nitrogens is 1. The number of rotatable bonds is 3. The number of carbonyl (C=O) groups excluding carboxylic acids is 2. The molecule has 0 N–H and O–H groups in total. The first-order chi connectivity index (χ1) is 19.6. The summed E-state index contributed by atoms with van der Waals surface area (Å²) in [6.07, 6.45) is 0. The van der Waals surface area contributed by atoms with Crippen LogP contribution >= 0.6 is 11.3 Å². The lowest BCUT2D eigenvalue weighted by Gasteiger charge is -2.32. The first kappa shape index (κ1) is 25.4. The molecule has 0 saturated heterocycles. The third-order valence-corrected chi connectivity index (χ3v) is 9.43. The summed E-state index contributed by atoms with van der Waals surface area (Å²) in [6.45, 7) is 9.94. The Labute approximate surface area is 240 Å². The second kappa shape index (κ2) is 8.72. The van der Waals surface area contributed by atoms with Gasteiger partial charge in [-0.25, -0.2) is 4.98 Å². The summed E-state index contributed by atoms with van der Waals surface area (Å²) < 4.78 is 6.26. The maximum atomic E-state index is 15.0. The quantitative estimate of drug-likeness (QED) is 0.260. The number of carbonyl (C=O) groups is 2. The molecule has 2 aliphatic heterocycles. The average molecular weight is 562 g/mol. The van der Waals surface area contributed by atoms with E-state index in [9.17, 15) is 14.4 Å². The number of thiazole rings is 1. The van der Waals surface area contributed by atoms with Crippen LogP contribution in [-0.2, 0) is 16.9 Å². The van der Waals surface area contributed by atoms with Crippen molar-refractivity contribution in [3.05, 3.63) is 121 Å². The molecule has 4 heterocycles. The van der Waals surface area contributed by atoms with Crippen LogP contribution in [0.25, 0.3) is 11.0 Å². The molecule has 41 heavy (non-hydrogen) atoms. The second-order valence-electron chi connectivity index (χ2n) is 11.0. The van der Waals surface area contributed by atoms with Crippen LogP contribution in [0.2, 0.25) is 0 Å². The smallest absolute Gasteiger partial charge is 0.297 e. The monoisotopic (exact) mass is 561 g/mol. The van der Waals surface area contributed by atoms with E-state index in [2.05, 4.69) is 0 Å². The Morgan fingerprint density at radius 1 is 0.902 bits per heavy atom. The van der Waals surface area contributed by atoms with Gasteiger partial charge in [-0.3, -0.25) is 19.3 Å². The van der Waals surface area contributed by atoms with E-state index >= 15 is 0 Å². The van der Waals surface area contributed by atoms with Gasteiger partial charge in [0.25, 0.3) is 11.8 Å². The van der Waals surface area contributed by atoms with Crippen LogP contribution in [0.1, 0.15) is 54.5 Å². The van der Waals surface area contributed by atoms with Gasteiger partial charge in [0.2, 0.25) is 5.76 Å². The molecule has 5 aromatic rings. The van der Waals surface area contributed by atoms with E-state index in [4.69, 9.17) is 9.40 Å². The number of anilines is 2. The van der Waals surface area contributed by atoms with Crippen molar-refractivity contribution >= 4 is 44.9 Å². The summed E-state index contributed by atoms with van der Waals surface area (Å²) >= 11 is 1.33. The normalized spacial score (nSPS) is 17.7. The number of aryl methyl sites for hydroxylation is 5. The molecule has 8 heteroatoms. The van der Waals surface area contributed by atoms with Gasteiger partial charge < -0.3 is 9.32 Å². The van der Waals surface area contributed by atoms with Gasteiger partial charge in [0.15, 0.2) is 16.1 Å². The number of nitrogens with zero attached hydrogens (tertiary/aromatic N) is 3. The zero-order valence-electron chi connectivity index (χ0n) is 23.4. The minimum Gasteiger partial charge on any atom is -0.450 e. The molecule has 0 aliphatic carbocycles. The van der Waals surface area contributed by atoms with E-state index in [0.717, 1.165) is 32.8 Å². The third kappa shape index (κ3) is 3.37. The Bertz CT molecular complexity index is 2000. The Kier molecular flexibility index (Phi) is 5.40. The summed E-state index contributed by atoms with van der Waals surface area (Å²) in [7, 11) is 0. The van der Waals surface area contributed by atoms with Crippen molar-refractivity contribution < 1.29 is 14.0 Å². The van der Waals surface area contributed by atoms with E-state index in [1.54, 1.807) is 17.0 Å². The second-order valence-corrected chi connectivity index (χ2v) is 12.1. The summed E-state index contributed by atoms with van der Waals surface area (Å²) in [5.41, 5.74) is 4.08. The van der Waals surface area contributed by atoms with Crippen LogP contribution < -0.4 is 15.2 Å². The van der Waals surface area contributed by atoms with Crippen LogP contribution in [-0.4, -0.2) is 16.8 Å². The van der Waals surface area contributed by atoms with Crippen molar-refractivity contribution in [2.24, 2.45) is 0 Å². The van der Waals surface area contributed by atoms with Gasteiger partial charge in [0, 0.05) is 10.4 Å². The molecular weight excluding hydrogens is 534 g/mol. The highest BCUT2D eigenvalue weighted by Gasteiger charge is 2.66. The molecule has 0 bridgehead atoms. The van der Waals surface area contributed by atoms with Gasteiger partial charge >= 0.3 is 0 Å². The van der Waals surface area contributed by atoms with Gasteiger partial charge in [-0.2, -0.15) is 0 Å². The van der Waals surface area contributed by atoms with Crippen LogP contribution in [0, 0.1) is 34.6 Å². The van der Waals surface area contributed by atoms with E-state index in [0.29, 0.717) is 27.4 Å². The van der Waals surface area contributed by atoms with Crippen LogP contribution in [0.3, 0.4) is 0 Å². The molecule has 0 radical (unpaired) electrons. The number of hydrogen-bond donors (Lipinski definition) is 0.